The van der Waals surface area contributed by atoms with E-state index in [0.29, 0.717) is 31.2 Å². The number of amides is 1. The molecule has 5 heteroatoms. The Morgan fingerprint density at radius 3 is 2.44 bits per heavy atom. The summed E-state index contributed by atoms with van der Waals surface area (Å²) in [4.78, 5) is 13.2. The van der Waals surface area contributed by atoms with Gasteiger partial charge >= 0.3 is 0 Å². The second kappa shape index (κ2) is 9.69. The van der Waals surface area contributed by atoms with E-state index in [1.54, 1.807) is 7.11 Å². The average molecular weight is 343 g/mol. The number of para-hydroxylation sites is 2. The number of quaternary nitrogens is 1. The summed E-state index contributed by atoms with van der Waals surface area (Å²) in [5, 5.41) is 2.89. The highest BCUT2D eigenvalue weighted by molar-refractivity contribution is 5.76. The predicted octanol–water partition coefficient (Wildman–Crippen LogP) is 1.21. The molecule has 1 atom stereocenters. The van der Waals surface area contributed by atoms with Crippen LogP contribution in [0.5, 0.6) is 11.5 Å². The molecule has 0 fully saturated rings. The minimum atomic E-state index is 0.0215. The van der Waals surface area contributed by atoms with Crippen molar-refractivity contribution in [2.75, 3.05) is 33.9 Å². The lowest BCUT2D eigenvalue weighted by molar-refractivity contribution is -0.885. The van der Waals surface area contributed by atoms with E-state index in [9.17, 15) is 4.79 Å². The van der Waals surface area contributed by atoms with Crippen molar-refractivity contribution >= 4 is 5.91 Å². The van der Waals surface area contributed by atoms with Gasteiger partial charge in [0.25, 0.3) is 5.91 Å². The third kappa shape index (κ3) is 6.47. The van der Waals surface area contributed by atoms with Crippen LogP contribution in [0.3, 0.4) is 0 Å². The fourth-order valence-electron chi connectivity index (χ4n) is 2.54. The Kier molecular flexibility index (Phi) is 7.29. The van der Waals surface area contributed by atoms with Crippen LogP contribution in [0.2, 0.25) is 0 Å². The lowest BCUT2D eigenvalue weighted by Gasteiger charge is -2.14. The third-order valence-electron chi connectivity index (χ3n) is 3.84. The number of hydrogen-bond donors (Lipinski definition) is 2. The highest BCUT2D eigenvalue weighted by Gasteiger charge is 2.10. The largest absolute Gasteiger partial charge is 0.493 e. The van der Waals surface area contributed by atoms with Crippen molar-refractivity contribution in [3.63, 3.8) is 0 Å². The fourth-order valence-corrected chi connectivity index (χ4v) is 2.54. The molecule has 134 valence electrons. The zero-order valence-corrected chi connectivity index (χ0v) is 15.2. The Labute approximate surface area is 149 Å². The van der Waals surface area contributed by atoms with Crippen molar-refractivity contribution in [2.24, 2.45) is 0 Å². The van der Waals surface area contributed by atoms with Crippen molar-refractivity contribution in [1.82, 2.24) is 5.32 Å². The molecular formula is C20H27N2O3+. The number of carbonyl (C=O) groups excluding carboxylic acids is 1. The number of benzene rings is 2. The van der Waals surface area contributed by atoms with Gasteiger partial charge in [-0.25, -0.2) is 0 Å². The number of ether oxygens (including phenoxy) is 2. The van der Waals surface area contributed by atoms with Gasteiger partial charge in [0.05, 0.1) is 20.7 Å². The molecule has 25 heavy (non-hydrogen) atoms. The predicted molar refractivity (Wildman–Crippen MR) is 98.1 cm³/mol. The van der Waals surface area contributed by atoms with Crippen molar-refractivity contribution in [3.8, 4) is 11.5 Å². The zero-order valence-electron chi connectivity index (χ0n) is 15.2. The van der Waals surface area contributed by atoms with Gasteiger partial charge in [-0.05, 0) is 19.1 Å². The van der Waals surface area contributed by atoms with Gasteiger partial charge in [0, 0.05) is 5.56 Å². The topological polar surface area (TPSA) is 52.0 Å². The summed E-state index contributed by atoms with van der Waals surface area (Å²) in [7, 11) is 3.63. The summed E-state index contributed by atoms with van der Waals surface area (Å²) in [5.74, 6) is 1.39. The first-order valence-corrected chi connectivity index (χ1v) is 8.48. The Morgan fingerprint density at radius 1 is 1.08 bits per heavy atom. The van der Waals surface area contributed by atoms with Crippen molar-refractivity contribution < 1.29 is 19.2 Å². The molecule has 0 spiro atoms. The van der Waals surface area contributed by atoms with Gasteiger partial charge in [0.15, 0.2) is 18.0 Å². The molecule has 0 bridgehead atoms. The normalized spacial score (nSPS) is 11.6. The van der Waals surface area contributed by atoms with E-state index in [2.05, 4.69) is 36.5 Å². The van der Waals surface area contributed by atoms with Gasteiger partial charge in [-0.15, -0.1) is 0 Å². The average Bonchev–Trinajstić information content (AvgIpc) is 2.61. The van der Waals surface area contributed by atoms with Crippen LogP contribution in [0.1, 0.15) is 11.1 Å². The molecule has 0 saturated heterocycles. The molecule has 2 rings (SSSR count). The molecule has 2 aromatic rings. The third-order valence-corrected chi connectivity index (χ3v) is 3.84. The van der Waals surface area contributed by atoms with Crippen LogP contribution in [0.4, 0.5) is 0 Å². The van der Waals surface area contributed by atoms with Gasteiger partial charge in [0.1, 0.15) is 13.2 Å². The first kappa shape index (κ1) is 18.8. The Balaban J connectivity index is 1.67. The van der Waals surface area contributed by atoms with Crippen molar-refractivity contribution in [1.29, 1.82) is 0 Å². The minimum Gasteiger partial charge on any atom is -0.493 e. The van der Waals surface area contributed by atoms with Crippen molar-refractivity contribution in [2.45, 2.75) is 13.5 Å². The zero-order chi connectivity index (χ0) is 18.1. The van der Waals surface area contributed by atoms with Crippen LogP contribution in [0.25, 0.3) is 0 Å². The summed E-state index contributed by atoms with van der Waals surface area (Å²) in [6.07, 6.45) is 0. The number of aryl methyl sites for hydroxylation is 1. The number of hydrogen-bond acceptors (Lipinski definition) is 3. The fraction of sp³-hybridized carbons (Fsp3) is 0.350. The van der Waals surface area contributed by atoms with Crippen LogP contribution in [-0.4, -0.2) is 39.8 Å². The quantitative estimate of drug-likeness (QED) is 0.673. The van der Waals surface area contributed by atoms with Gasteiger partial charge < -0.3 is 19.7 Å². The summed E-state index contributed by atoms with van der Waals surface area (Å²) >= 11 is 0. The molecule has 0 saturated carbocycles. The molecule has 0 aliphatic rings. The first-order chi connectivity index (χ1) is 12.1. The SMILES string of the molecule is COc1ccccc1OCCNC(=O)C[NH+](C)Cc1ccc(C)cc1. The molecule has 1 amide bonds. The Morgan fingerprint density at radius 2 is 1.76 bits per heavy atom. The number of rotatable bonds is 9. The standard InChI is InChI=1S/C20H26N2O3/c1-16-8-10-17(11-9-16)14-22(2)15-20(23)21-12-13-25-19-7-5-4-6-18(19)24-3/h4-11H,12-15H2,1-3H3,(H,21,23)/p+1. The summed E-state index contributed by atoms with van der Waals surface area (Å²) in [6.45, 7) is 4.20. The van der Waals surface area contributed by atoms with Gasteiger partial charge in [-0.3, -0.25) is 4.79 Å². The molecular weight excluding hydrogens is 316 g/mol. The van der Waals surface area contributed by atoms with Crippen LogP contribution in [0, 0.1) is 6.92 Å². The van der Waals surface area contributed by atoms with E-state index in [1.165, 1.54) is 11.1 Å². The minimum absolute atomic E-state index is 0.0215. The molecule has 0 radical (unpaired) electrons. The maximum Gasteiger partial charge on any atom is 0.275 e. The number of carbonyl (C=O) groups is 1. The van der Waals surface area contributed by atoms with E-state index in [4.69, 9.17) is 9.47 Å². The number of nitrogens with one attached hydrogen (secondary N) is 2. The van der Waals surface area contributed by atoms with Gasteiger partial charge in [-0.2, -0.15) is 0 Å². The van der Waals surface area contributed by atoms with Gasteiger partial charge in [-0.1, -0.05) is 42.0 Å². The summed E-state index contributed by atoms with van der Waals surface area (Å²) in [6, 6.07) is 15.9. The highest BCUT2D eigenvalue weighted by Crippen LogP contribution is 2.25. The van der Waals surface area contributed by atoms with E-state index >= 15 is 0 Å². The van der Waals surface area contributed by atoms with Gasteiger partial charge in [0.2, 0.25) is 0 Å². The maximum absolute atomic E-state index is 12.0. The van der Waals surface area contributed by atoms with E-state index in [-0.39, 0.29) is 5.91 Å². The van der Waals surface area contributed by atoms with Crippen molar-refractivity contribution in [3.05, 3.63) is 59.7 Å². The smallest absolute Gasteiger partial charge is 0.275 e. The second-order valence-corrected chi connectivity index (χ2v) is 6.15. The van der Waals surface area contributed by atoms with Crippen LogP contribution < -0.4 is 19.7 Å². The van der Waals surface area contributed by atoms with E-state index < -0.39 is 0 Å². The molecule has 2 aromatic carbocycles. The molecule has 0 aliphatic heterocycles. The molecule has 2 N–H and O–H groups in total. The summed E-state index contributed by atoms with van der Waals surface area (Å²) in [5.41, 5.74) is 2.48. The summed E-state index contributed by atoms with van der Waals surface area (Å²) < 4.78 is 10.9. The lowest BCUT2D eigenvalue weighted by atomic mass is 10.1. The molecule has 0 aliphatic carbocycles. The van der Waals surface area contributed by atoms with Crippen LogP contribution in [-0.2, 0) is 11.3 Å². The monoisotopic (exact) mass is 343 g/mol. The van der Waals surface area contributed by atoms with Crippen LogP contribution in [0.15, 0.2) is 48.5 Å². The van der Waals surface area contributed by atoms with E-state index in [1.807, 2.05) is 31.3 Å². The van der Waals surface area contributed by atoms with E-state index in [0.717, 1.165) is 11.4 Å². The molecule has 0 aromatic heterocycles. The second-order valence-electron chi connectivity index (χ2n) is 6.15. The first-order valence-electron chi connectivity index (χ1n) is 8.48. The Hall–Kier alpha value is -2.53. The Bertz CT molecular complexity index is 671. The van der Waals surface area contributed by atoms with Crippen LogP contribution >= 0.6 is 0 Å². The molecule has 1 unspecified atom stereocenters. The molecule has 5 nitrogen and oxygen atoms in total. The molecule has 0 heterocycles. The maximum atomic E-state index is 12.0. The highest BCUT2D eigenvalue weighted by atomic mass is 16.5. The number of likely N-dealkylation sites (N-methyl/N-ethyl adjacent to an activating group) is 1. The number of methoxy groups -OCH3 is 1. The lowest BCUT2D eigenvalue weighted by Crippen LogP contribution is -3.08.